The Hall–Kier alpha value is -2.63. The maximum atomic E-state index is 12.6. The highest BCUT2D eigenvalue weighted by Crippen LogP contribution is 2.28. The molecule has 1 aliphatic heterocycles. The number of amides is 1. The third-order valence-electron chi connectivity index (χ3n) is 4.76. The van der Waals surface area contributed by atoms with Gasteiger partial charge in [0.05, 0.1) is 11.0 Å². The summed E-state index contributed by atoms with van der Waals surface area (Å²) in [6.45, 7) is 3.55. The Bertz CT molecular complexity index is 894. The Morgan fingerprint density at radius 2 is 2.21 bits per heavy atom. The smallest absolute Gasteiger partial charge is 0.274 e. The molecule has 1 atom stereocenters. The van der Waals surface area contributed by atoms with Crippen molar-refractivity contribution < 1.29 is 4.79 Å². The lowest BCUT2D eigenvalue weighted by atomic mass is 9.97. The van der Waals surface area contributed by atoms with E-state index in [0.29, 0.717) is 12.2 Å². The van der Waals surface area contributed by atoms with Gasteiger partial charge in [-0.3, -0.25) is 9.48 Å². The van der Waals surface area contributed by atoms with Gasteiger partial charge >= 0.3 is 0 Å². The number of carbonyl (C=O) groups excluding carboxylic acids is 1. The van der Waals surface area contributed by atoms with Crippen LogP contribution in [-0.4, -0.2) is 43.6 Å². The molecule has 124 valence electrons. The molecule has 1 N–H and O–H groups in total. The summed E-state index contributed by atoms with van der Waals surface area (Å²) in [7, 11) is 1.83. The highest BCUT2D eigenvalue weighted by Gasteiger charge is 2.28. The molecule has 6 heteroatoms. The van der Waals surface area contributed by atoms with Gasteiger partial charge in [0.1, 0.15) is 11.5 Å². The number of carbonyl (C=O) groups is 1. The number of rotatable bonds is 2. The number of benzene rings is 1. The molecule has 0 unspecified atom stereocenters. The molecule has 4 rings (SSSR count). The molecule has 0 spiro atoms. The minimum Gasteiger partial charge on any atom is -0.342 e. The van der Waals surface area contributed by atoms with Gasteiger partial charge in [-0.2, -0.15) is 5.10 Å². The minimum absolute atomic E-state index is 0.00703. The van der Waals surface area contributed by atoms with Crippen molar-refractivity contribution in [1.29, 1.82) is 0 Å². The van der Waals surface area contributed by atoms with Crippen molar-refractivity contribution in [2.75, 3.05) is 13.1 Å². The summed E-state index contributed by atoms with van der Waals surface area (Å²) in [6.07, 6.45) is 3.83. The molecule has 24 heavy (non-hydrogen) atoms. The van der Waals surface area contributed by atoms with E-state index in [1.54, 1.807) is 16.9 Å². The van der Waals surface area contributed by atoms with Gasteiger partial charge in [0.25, 0.3) is 5.91 Å². The van der Waals surface area contributed by atoms with Crippen LogP contribution < -0.4 is 0 Å². The summed E-state index contributed by atoms with van der Waals surface area (Å²) in [6, 6.07) is 7.94. The third kappa shape index (κ3) is 2.58. The fourth-order valence-corrected chi connectivity index (χ4v) is 3.46. The number of imidazole rings is 1. The molecule has 1 aromatic carbocycles. The quantitative estimate of drug-likeness (QED) is 0.788. The summed E-state index contributed by atoms with van der Waals surface area (Å²) in [5.41, 5.74) is 3.78. The highest BCUT2D eigenvalue weighted by molar-refractivity contribution is 5.92. The Kier molecular flexibility index (Phi) is 3.59. The van der Waals surface area contributed by atoms with Gasteiger partial charge in [0.2, 0.25) is 0 Å². The van der Waals surface area contributed by atoms with Gasteiger partial charge in [0.15, 0.2) is 0 Å². The minimum atomic E-state index is 0.00703. The van der Waals surface area contributed by atoms with E-state index in [9.17, 15) is 4.79 Å². The first-order chi connectivity index (χ1) is 11.6. The second kappa shape index (κ2) is 5.78. The number of piperidine rings is 1. The van der Waals surface area contributed by atoms with Crippen molar-refractivity contribution in [2.45, 2.75) is 25.7 Å². The molecule has 1 amide bonds. The van der Waals surface area contributed by atoms with E-state index in [4.69, 9.17) is 4.98 Å². The number of hydrogen-bond donors (Lipinski definition) is 1. The van der Waals surface area contributed by atoms with Gasteiger partial charge < -0.3 is 9.88 Å². The summed E-state index contributed by atoms with van der Waals surface area (Å²) in [5.74, 6) is 1.24. The molecule has 0 aliphatic carbocycles. The zero-order valence-electron chi connectivity index (χ0n) is 14.0. The zero-order valence-corrected chi connectivity index (χ0v) is 14.0. The lowest BCUT2D eigenvalue weighted by Gasteiger charge is -2.31. The number of fused-ring (bicyclic) bond motifs is 1. The molecule has 0 bridgehead atoms. The average Bonchev–Trinajstić information content (AvgIpc) is 3.21. The fourth-order valence-electron chi connectivity index (χ4n) is 3.46. The predicted molar refractivity (Wildman–Crippen MR) is 91.9 cm³/mol. The van der Waals surface area contributed by atoms with Crippen LogP contribution in [0.25, 0.3) is 11.0 Å². The number of likely N-dealkylation sites (tertiary alicyclic amines) is 1. The van der Waals surface area contributed by atoms with Gasteiger partial charge in [-0.1, -0.05) is 12.1 Å². The van der Waals surface area contributed by atoms with Crippen molar-refractivity contribution in [1.82, 2.24) is 24.6 Å². The van der Waals surface area contributed by atoms with Crippen LogP contribution in [0.3, 0.4) is 0 Å². The van der Waals surface area contributed by atoms with E-state index in [0.717, 1.165) is 36.2 Å². The lowest BCUT2D eigenvalue weighted by molar-refractivity contribution is 0.0698. The Balaban J connectivity index is 1.57. The normalized spacial score (nSPS) is 18.2. The number of aromatic nitrogens is 4. The Morgan fingerprint density at radius 1 is 1.33 bits per heavy atom. The first-order valence-electron chi connectivity index (χ1n) is 8.36. The number of hydrogen-bond acceptors (Lipinski definition) is 3. The second-order valence-electron chi connectivity index (χ2n) is 6.56. The molecule has 0 radical (unpaired) electrons. The van der Waals surface area contributed by atoms with Gasteiger partial charge in [-0.05, 0) is 37.5 Å². The zero-order chi connectivity index (χ0) is 16.7. The molecule has 1 fully saturated rings. The largest absolute Gasteiger partial charge is 0.342 e. The van der Waals surface area contributed by atoms with E-state index < -0.39 is 0 Å². The van der Waals surface area contributed by atoms with Crippen LogP contribution in [0.1, 0.15) is 40.6 Å². The first-order valence-corrected chi connectivity index (χ1v) is 8.36. The maximum absolute atomic E-state index is 12.6. The maximum Gasteiger partial charge on any atom is 0.274 e. The molecular formula is C18H21N5O. The van der Waals surface area contributed by atoms with Crippen LogP contribution >= 0.6 is 0 Å². The van der Waals surface area contributed by atoms with Crippen LogP contribution in [0.4, 0.5) is 0 Å². The van der Waals surface area contributed by atoms with Crippen LogP contribution in [0, 0.1) is 6.92 Å². The van der Waals surface area contributed by atoms with Crippen LogP contribution in [-0.2, 0) is 7.05 Å². The number of para-hydroxylation sites is 1. The number of nitrogens with one attached hydrogen (secondary N) is 1. The standard InChI is InChI=1S/C18H21N5O/c1-12-5-3-7-14-16(12)20-17(19-14)13-6-4-9-23(11-13)18(24)15-8-10-22(2)21-15/h3,5,7-8,10,13H,4,6,9,11H2,1-2H3,(H,19,20)/t13-/m1/s1. The third-order valence-corrected chi connectivity index (χ3v) is 4.76. The topological polar surface area (TPSA) is 66.8 Å². The van der Waals surface area contributed by atoms with Gasteiger partial charge in [0, 0.05) is 32.3 Å². The molecule has 6 nitrogen and oxygen atoms in total. The number of nitrogens with zero attached hydrogens (tertiary/aromatic N) is 4. The molecular weight excluding hydrogens is 302 g/mol. The number of aryl methyl sites for hydroxylation is 2. The molecule has 2 aromatic heterocycles. The predicted octanol–water partition coefficient (Wildman–Crippen LogP) is 2.62. The number of aromatic amines is 1. The van der Waals surface area contributed by atoms with Crippen LogP contribution in [0.15, 0.2) is 30.5 Å². The van der Waals surface area contributed by atoms with E-state index >= 15 is 0 Å². The molecule has 3 aromatic rings. The van der Waals surface area contributed by atoms with E-state index in [1.165, 1.54) is 5.56 Å². The summed E-state index contributed by atoms with van der Waals surface area (Å²) >= 11 is 0. The Labute approximate surface area is 140 Å². The summed E-state index contributed by atoms with van der Waals surface area (Å²) in [5, 5.41) is 4.23. The Morgan fingerprint density at radius 3 is 2.96 bits per heavy atom. The molecule has 3 heterocycles. The molecule has 1 saturated heterocycles. The average molecular weight is 323 g/mol. The van der Waals surface area contributed by atoms with E-state index in [-0.39, 0.29) is 11.8 Å². The fraction of sp³-hybridized carbons (Fsp3) is 0.389. The number of H-pyrrole nitrogens is 1. The van der Waals surface area contributed by atoms with Gasteiger partial charge in [-0.15, -0.1) is 0 Å². The van der Waals surface area contributed by atoms with Crippen molar-refractivity contribution >= 4 is 16.9 Å². The van der Waals surface area contributed by atoms with Crippen molar-refractivity contribution in [3.05, 3.63) is 47.5 Å². The van der Waals surface area contributed by atoms with Gasteiger partial charge in [-0.25, -0.2) is 4.98 Å². The van der Waals surface area contributed by atoms with Crippen LogP contribution in [0.5, 0.6) is 0 Å². The summed E-state index contributed by atoms with van der Waals surface area (Å²) < 4.78 is 1.66. The van der Waals surface area contributed by atoms with Crippen molar-refractivity contribution in [3.63, 3.8) is 0 Å². The summed E-state index contributed by atoms with van der Waals surface area (Å²) in [4.78, 5) is 22.8. The SMILES string of the molecule is Cc1cccc2[nH]c([C@@H]3CCCN(C(=O)c4ccn(C)n4)C3)nc12. The molecule has 0 saturated carbocycles. The molecule has 1 aliphatic rings. The van der Waals surface area contributed by atoms with Crippen molar-refractivity contribution in [3.8, 4) is 0 Å². The second-order valence-corrected chi connectivity index (χ2v) is 6.56. The first kappa shape index (κ1) is 14.9. The van der Waals surface area contributed by atoms with Crippen molar-refractivity contribution in [2.24, 2.45) is 7.05 Å². The lowest BCUT2D eigenvalue weighted by Crippen LogP contribution is -2.39. The van der Waals surface area contributed by atoms with E-state index in [1.807, 2.05) is 18.0 Å². The highest BCUT2D eigenvalue weighted by atomic mass is 16.2. The van der Waals surface area contributed by atoms with E-state index in [2.05, 4.69) is 29.1 Å². The monoisotopic (exact) mass is 323 g/mol. The van der Waals surface area contributed by atoms with Crippen LogP contribution in [0.2, 0.25) is 0 Å².